The number of fused-ring (bicyclic) bond motifs is 1. The Hall–Kier alpha value is -1.76. The Morgan fingerprint density at radius 2 is 2.05 bits per heavy atom. The van der Waals surface area contributed by atoms with Crippen LogP contribution in [-0.4, -0.2) is 0 Å². The van der Waals surface area contributed by atoms with Crippen LogP contribution in [-0.2, 0) is 12.8 Å². The van der Waals surface area contributed by atoms with E-state index >= 15 is 0 Å². The monoisotopic (exact) mass is 250 g/mol. The maximum absolute atomic E-state index is 5.93. The van der Waals surface area contributed by atoms with Crippen molar-refractivity contribution in [3.05, 3.63) is 59.5 Å². The Morgan fingerprint density at radius 3 is 2.84 bits per heavy atom. The SMILES string of the molecule is CCc1cc2c(c(-c3cccc(N)c3)c1)CCC[CH]2. The molecule has 1 heteroatoms. The Labute approximate surface area is 115 Å². The van der Waals surface area contributed by atoms with E-state index in [1.54, 1.807) is 0 Å². The molecule has 0 spiro atoms. The van der Waals surface area contributed by atoms with Gasteiger partial charge in [-0.25, -0.2) is 0 Å². The fourth-order valence-electron chi connectivity index (χ4n) is 2.92. The summed E-state index contributed by atoms with van der Waals surface area (Å²) in [5.41, 5.74) is 13.7. The van der Waals surface area contributed by atoms with Crippen LogP contribution < -0.4 is 5.73 Å². The van der Waals surface area contributed by atoms with E-state index in [0.717, 1.165) is 12.1 Å². The maximum Gasteiger partial charge on any atom is 0.0320 e. The minimum absolute atomic E-state index is 0.841. The first-order valence-electron chi connectivity index (χ1n) is 7.13. The van der Waals surface area contributed by atoms with Gasteiger partial charge in [0.1, 0.15) is 0 Å². The van der Waals surface area contributed by atoms with Crippen molar-refractivity contribution in [1.82, 2.24) is 0 Å². The maximum atomic E-state index is 5.93. The number of nitrogens with two attached hydrogens (primary N) is 1. The van der Waals surface area contributed by atoms with Gasteiger partial charge in [0.15, 0.2) is 0 Å². The summed E-state index contributed by atoms with van der Waals surface area (Å²) < 4.78 is 0. The molecule has 1 aliphatic rings. The van der Waals surface area contributed by atoms with E-state index in [9.17, 15) is 0 Å². The van der Waals surface area contributed by atoms with Gasteiger partial charge in [0.05, 0.1) is 0 Å². The van der Waals surface area contributed by atoms with Crippen LogP contribution in [0.3, 0.4) is 0 Å². The highest BCUT2D eigenvalue weighted by molar-refractivity contribution is 5.73. The van der Waals surface area contributed by atoms with Gasteiger partial charge in [-0.1, -0.05) is 31.2 Å². The zero-order valence-corrected chi connectivity index (χ0v) is 11.4. The van der Waals surface area contributed by atoms with E-state index in [1.807, 2.05) is 12.1 Å². The average Bonchev–Trinajstić information content (AvgIpc) is 2.46. The largest absolute Gasteiger partial charge is 0.399 e. The van der Waals surface area contributed by atoms with Crippen LogP contribution >= 0.6 is 0 Å². The van der Waals surface area contributed by atoms with Crippen molar-refractivity contribution in [3.8, 4) is 11.1 Å². The smallest absolute Gasteiger partial charge is 0.0320 e. The molecule has 19 heavy (non-hydrogen) atoms. The van der Waals surface area contributed by atoms with Crippen LogP contribution in [0.25, 0.3) is 11.1 Å². The minimum atomic E-state index is 0.841. The van der Waals surface area contributed by atoms with E-state index in [2.05, 4.69) is 37.6 Å². The van der Waals surface area contributed by atoms with E-state index in [0.29, 0.717) is 0 Å². The van der Waals surface area contributed by atoms with E-state index in [4.69, 9.17) is 5.73 Å². The summed E-state index contributed by atoms with van der Waals surface area (Å²) in [5.74, 6) is 0. The number of nitrogen functional groups attached to an aromatic ring is 1. The summed E-state index contributed by atoms with van der Waals surface area (Å²) in [4.78, 5) is 0. The van der Waals surface area contributed by atoms with Gasteiger partial charge in [0, 0.05) is 5.69 Å². The van der Waals surface area contributed by atoms with Gasteiger partial charge in [-0.05, 0) is 72.1 Å². The van der Waals surface area contributed by atoms with Gasteiger partial charge in [-0.3, -0.25) is 0 Å². The molecule has 2 N–H and O–H groups in total. The van der Waals surface area contributed by atoms with Gasteiger partial charge in [0.2, 0.25) is 0 Å². The van der Waals surface area contributed by atoms with Crippen molar-refractivity contribution in [2.75, 3.05) is 5.73 Å². The minimum Gasteiger partial charge on any atom is -0.399 e. The summed E-state index contributed by atoms with van der Waals surface area (Å²) >= 11 is 0. The molecule has 0 atom stereocenters. The summed E-state index contributed by atoms with van der Waals surface area (Å²) in [6.45, 7) is 2.22. The fourth-order valence-corrected chi connectivity index (χ4v) is 2.92. The zero-order valence-electron chi connectivity index (χ0n) is 11.4. The third-order valence-electron chi connectivity index (χ3n) is 3.95. The van der Waals surface area contributed by atoms with Crippen LogP contribution in [0.2, 0.25) is 0 Å². The molecule has 2 aromatic rings. The predicted molar refractivity (Wildman–Crippen MR) is 82.0 cm³/mol. The molecule has 1 aliphatic carbocycles. The quantitative estimate of drug-likeness (QED) is 0.786. The van der Waals surface area contributed by atoms with Crippen LogP contribution in [0.4, 0.5) is 5.69 Å². The number of hydrogen-bond donors (Lipinski definition) is 1. The van der Waals surface area contributed by atoms with Crippen molar-refractivity contribution >= 4 is 5.69 Å². The van der Waals surface area contributed by atoms with Crippen molar-refractivity contribution in [2.45, 2.75) is 32.6 Å². The first-order chi connectivity index (χ1) is 9.28. The van der Waals surface area contributed by atoms with E-state index < -0.39 is 0 Å². The van der Waals surface area contributed by atoms with E-state index in [1.165, 1.54) is 47.1 Å². The second-order valence-corrected chi connectivity index (χ2v) is 5.29. The molecule has 2 aromatic carbocycles. The molecule has 0 bridgehead atoms. The average molecular weight is 250 g/mol. The third-order valence-corrected chi connectivity index (χ3v) is 3.95. The summed E-state index contributed by atoms with van der Waals surface area (Å²) in [5, 5.41) is 0. The zero-order chi connectivity index (χ0) is 13.2. The van der Waals surface area contributed by atoms with Crippen molar-refractivity contribution in [2.24, 2.45) is 0 Å². The topological polar surface area (TPSA) is 26.0 Å². The lowest BCUT2D eigenvalue weighted by atomic mass is 9.84. The van der Waals surface area contributed by atoms with Crippen LogP contribution in [0, 0.1) is 6.42 Å². The third kappa shape index (κ3) is 2.37. The van der Waals surface area contributed by atoms with Crippen molar-refractivity contribution in [1.29, 1.82) is 0 Å². The first-order valence-corrected chi connectivity index (χ1v) is 7.13. The number of anilines is 1. The van der Waals surface area contributed by atoms with Gasteiger partial charge in [0.25, 0.3) is 0 Å². The molecular weight excluding hydrogens is 230 g/mol. The van der Waals surface area contributed by atoms with E-state index in [-0.39, 0.29) is 0 Å². The van der Waals surface area contributed by atoms with Gasteiger partial charge < -0.3 is 5.73 Å². The summed E-state index contributed by atoms with van der Waals surface area (Å²) in [6.07, 6.45) is 7.11. The molecule has 0 fully saturated rings. The van der Waals surface area contributed by atoms with Gasteiger partial charge in [-0.2, -0.15) is 0 Å². The summed E-state index contributed by atoms with van der Waals surface area (Å²) in [6, 6.07) is 12.9. The first kappa shape index (κ1) is 12.3. The number of hydrogen-bond acceptors (Lipinski definition) is 1. The van der Waals surface area contributed by atoms with Crippen LogP contribution in [0.1, 0.15) is 36.5 Å². The van der Waals surface area contributed by atoms with Gasteiger partial charge in [-0.15, -0.1) is 0 Å². The standard InChI is InChI=1S/C18H20N/c1-2-13-10-14-6-3-4-9-17(14)18(11-13)15-7-5-8-16(19)12-15/h5-8,10-12H,2-4,9,19H2,1H3. The highest BCUT2D eigenvalue weighted by Crippen LogP contribution is 2.34. The Balaban J connectivity index is 2.18. The van der Waals surface area contributed by atoms with Gasteiger partial charge >= 0.3 is 0 Å². The Morgan fingerprint density at radius 1 is 1.16 bits per heavy atom. The van der Waals surface area contributed by atoms with Crippen molar-refractivity contribution < 1.29 is 0 Å². The van der Waals surface area contributed by atoms with Crippen LogP contribution in [0.15, 0.2) is 36.4 Å². The molecule has 0 unspecified atom stereocenters. The predicted octanol–water partition coefficient (Wildman–Crippen LogP) is 4.39. The normalized spacial score (nSPS) is 14.2. The van der Waals surface area contributed by atoms with Crippen molar-refractivity contribution in [3.63, 3.8) is 0 Å². The molecule has 0 amide bonds. The summed E-state index contributed by atoms with van der Waals surface area (Å²) in [7, 11) is 0. The highest BCUT2D eigenvalue weighted by atomic mass is 14.5. The molecule has 0 aromatic heterocycles. The number of aryl methyl sites for hydroxylation is 1. The highest BCUT2D eigenvalue weighted by Gasteiger charge is 2.15. The Bertz CT molecular complexity index is 599. The molecule has 1 radical (unpaired) electrons. The molecule has 3 rings (SSSR count). The van der Waals surface area contributed by atoms with Crippen LogP contribution in [0.5, 0.6) is 0 Å². The number of rotatable bonds is 2. The molecule has 1 nitrogen and oxygen atoms in total. The lowest BCUT2D eigenvalue weighted by Crippen LogP contribution is -2.04. The molecule has 0 saturated heterocycles. The lowest BCUT2D eigenvalue weighted by molar-refractivity contribution is 0.775. The molecular formula is C18H20N. The second kappa shape index (κ2) is 5.08. The Kier molecular flexibility index (Phi) is 3.29. The molecule has 0 saturated carbocycles. The lowest BCUT2D eigenvalue weighted by Gasteiger charge is -2.21. The molecule has 0 heterocycles. The fraction of sp³-hybridized carbons (Fsp3) is 0.278. The molecule has 0 aliphatic heterocycles. The second-order valence-electron chi connectivity index (χ2n) is 5.29. The number of benzene rings is 2. The molecule has 97 valence electrons.